The van der Waals surface area contributed by atoms with Crippen LogP contribution in [0.1, 0.15) is 53.7 Å². The maximum absolute atomic E-state index is 12.3. The Morgan fingerprint density at radius 2 is 1.91 bits per heavy atom. The zero-order chi connectivity index (χ0) is 17.0. The van der Waals surface area contributed by atoms with Crippen LogP contribution in [0.2, 0.25) is 0 Å². The summed E-state index contributed by atoms with van der Waals surface area (Å²) in [5.74, 6) is -1.53. The van der Waals surface area contributed by atoms with Crippen molar-refractivity contribution in [2.75, 3.05) is 0 Å². The molecule has 122 valence electrons. The number of aromatic carboxylic acids is 1. The lowest BCUT2D eigenvalue weighted by molar-refractivity contribution is 0.0695. The van der Waals surface area contributed by atoms with E-state index in [0.717, 1.165) is 18.2 Å². The van der Waals surface area contributed by atoms with Crippen LogP contribution in [0.25, 0.3) is 0 Å². The van der Waals surface area contributed by atoms with Crippen molar-refractivity contribution < 1.29 is 19.1 Å². The molecule has 0 saturated carbocycles. The second-order valence-corrected chi connectivity index (χ2v) is 6.03. The van der Waals surface area contributed by atoms with Crippen molar-refractivity contribution in [1.82, 2.24) is 5.32 Å². The molecule has 23 heavy (non-hydrogen) atoms. The summed E-state index contributed by atoms with van der Waals surface area (Å²) in [6.07, 6.45) is 1.81. The molecule has 0 saturated heterocycles. The van der Waals surface area contributed by atoms with E-state index >= 15 is 0 Å². The number of carboxylic acid groups (broad SMARTS) is 1. The summed E-state index contributed by atoms with van der Waals surface area (Å²) >= 11 is 0. The van der Waals surface area contributed by atoms with Crippen LogP contribution in [0.15, 0.2) is 47.1 Å². The number of carbonyl (C=O) groups is 2. The lowest BCUT2D eigenvalue weighted by atomic mass is 9.76. The third-order valence-electron chi connectivity index (χ3n) is 4.17. The number of benzene rings is 1. The number of hydrogen-bond acceptors (Lipinski definition) is 3. The van der Waals surface area contributed by atoms with Crippen molar-refractivity contribution in [3.8, 4) is 0 Å². The molecule has 5 nitrogen and oxygen atoms in total. The Kier molecular flexibility index (Phi) is 4.89. The van der Waals surface area contributed by atoms with Gasteiger partial charge in [0.2, 0.25) is 0 Å². The van der Waals surface area contributed by atoms with Crippen LogP contribution in [-0.2, 0) is 5.41 Å². The summed E-state index contributed by atoms with van der Waals surface area (Å²) in [5, 5.41) is 11.8. The Balaban J connectivity index is 2.18. The van der Waals surface area contributed by atoms with Crippen molar-refractivity contribution in [2.24, 2.45) is 0 Å². The van der Waals surface area contributed by atoms with Gasteiger partial charge in [0.05, 0.1) is 5.56 Å². The zero-order valence-corrected chi connectivity index (χ0v) is 13.5. The molecule has 1 heterocycles. The van der Waals surface area contributed by atoms with E-state index < -0.39 is 11.9 Å². The van der Waals surface area contributed by atoms with E-state index in [1.54, 1.807) is 0 Å². The molecule has 0 radical (unpaired) electrons. The van der Waals surface area contributed by atoms with Crippen molar-refractivity contribution in [3.05, 3.63) is 59.5 Å². The Morgan fingerprint density at radius 3 is 2.43 bits per heavy atom. The molecule has 5 heteroatoms. The molecule has 0 aliphatic carbocycles. The van der Waals surface area contributed by atoms with E-state index in [9.17, 15) is 9.59 Å². The van der Waals surface area contributed by atoms with Crippen molar-refractivity contribution in [1.29, 1.82) is 0 Å². The molecular formula is C18H21NO4. The molecule has 1 aromatic heterocycles. The highest BCUT2D eigenvalue weighted by molar-refractivity contribution is 5.95. The molecular weight excluding hydrogens is 294 g/mol. The second kappa shape index (κ2) is 6.69. The zero-order valence-electron chi connectivity index (χ0n) is 13.5. The molecule has 2 aromatic rings. The molecule has 1 unspecified atom stereocenters. The van der Waals surface area contributed by atoms with E-state index in [1.807, 2.05) is 37.3 Å². The number of furan rings is 1. The SMILES string of the molecule is CCC(NC(=O)c1cc(C(=O)O)co1)C(C)(C)c1ccccc1. The maximum atomic E-state index is 12.3. The van der Waals surface area contributed by atoms with Crippen LogP contribution in [0, 0.1) is 0 Å². The van der Waals surface area contributed by atoms with Gasteiger partial charge in [-0.25, -0.2) is 4.79 Å². The molecule has 0 fully saturated rings. The van der Waals surface area contributed by atoms with E-state index in [-0.39, 0.29) is 22.8 Å². The Labute approximate surface area is 135 Å². The van der Waals surface area contributed by atoms with Crippen molar-refractivity contribution >= 4 is 11.9 Å². The van der Waals surface area contributed by atoms with E-state index in [2.05, 4.69) is 19.2 Å². The number of carboxylic acids is 1. The minimum atomic E-state index is -1.12. The van der Waals surface area contributed by atoms with Crippen LogP contribution < -0.4 is 5.32 Å². The van der Waals surface area contributed by atoms with Gasteiger partial charge in [-0.3, -0.25) is 4.79 Å². The van der Waals surface area contributed by atoms with E-state index in [4.69, 9.17) is 9.52 Å². The third kappa shape index (κ3) is 3.62. The fourth-order valence-electron chi connectivity index (χ4n) is 2.66. The van der Waals surface area contributed by atoms with Gasteiger partial charge in [0.15, 0.2) is 5.76 Å². The topological polar surface area (TPSA) is 79.5 Å². The number of nitrogens with one attached hydrogen (secondary N) is 1. The molecule has 0 bridgehead atoms. The first-order valence-corrected chi connectivity index (χ1v) is 7.54. The fraction of sp³-hybridized carbons (Fsp3) is 0.333. The van der Waals surface area contributed by atoms with E-state index in [0.29, 0.717) is 0 Å². The monoisotopic (exact) mass is 315 g/mol. The molecule has 1 aromatic carbocycles. The largest absolute Gasteiger partial charge is 0.478 e. The maximum Gasteiger partial charge on any atom is 0.338 e. The lowest BCUT2D eigenvalue weighted by Crippen LogP contribution is -2.47. The van der Waals surface area contributed by atoms with Gasteiger partial charge in [-0.15, -0.1) is 0 Å². The molecule has 2 N–H and O–H groups in total. The Morgan fingerprint density at radius 1 is 1.26 bits per heavy atom. The number of hydrogen-bond donors (Lipinski definition) is 2. The standard InChI is InChI=1S/C18H21NO4/c1-4-15(18(2,3)13-8-6-5-7-9-13)19-16(20)14-10-12(11-23-14)17(21)22/h5-11,15H,4H2,1-3H3,(H,19,20)(H,21,22). The number of carbonyl (C=O) groups excluding carboxylic acids is 1. The molecule has 1 amide bonds. The minimum Gasteiger partial charge on any atom is -0.478 e. The number of amides is 1. The fourth-order valence-corrected chi connectivity index (χ4v) is 2.66. The first-order chi connectivity index (χ1) is 10.9. The summed E-state index contributed by atoms with van der Waals surface area (Å²) in [6, 6.07) is 11.1. The summed E-state index contributed by atoms with van der Waals surface area (Å²) in [5.41, 5.74) is 0.816. The highest BCUT2D eigenvalue weighted by Crippen LogP contribution is 2.29. The van der Waals surface area contributed by atoms with Crippen molar-refractivity contribution in [2.45, 2.75) is 38.6 Å². The average molecular weight is 315 g/mol. The summed E-state index contributed by atoms with van der Waals surface area (Å²) in [4.78, 5) is 23.2. The smallest absolute Gasteiger partial charge is 0.338 e. The van der Waals surface area contributed by atoms with Gasteiger partial charge in [-0.05, 0) is 12.0 Å². The van der Waals surface area contributed by atoms with Gasteiger partial charge in [-0.1, -0.05) is 51.1 Å². The first kappa shape index (κ1) is 16.8. The van der Waals surface area contributed by atoms with Crippen LogP contribution in [0.5, 0.6) is 0 Å². The highest BCUT2D eigenvalue weighted by atomic mass is 16.4. The highest BCUT2D eigenvalue weighted by Gasteiger charge is 2.32. The summed E-state index contributed by atoms with van der Waals surface area (Å²) in [6.45, 7) is 6.14. The minimum absolute atomic E-state index is 0.00436. The molecule has 0 aliphatic rings. The normalized spacial score (nSPS) is 12.7. The third-order valence-corrected chi connectivity index (χ3v) is 4.17. The lowest BCUT2D eigenvalue weighted by Gasteiger charge is -2.34. The van der Waals surface area contributed by atoms with Gasteiger partial charge in [0, 0.05) is 17.5 Å². The van der Waals surface area contributed by atoms with Crippen LogP contribution in [0.4, 0.5) is 0 Å². The van der Waals surface area contributed by atoms with Gasteiger partial charge in [0.25, 0.3) is 5.91 Å². The van der Waals surface area contributed by atoms with Crippen LogP contribution >= 0.6 is 0 Å². The Hall–Kier alpha value is -2.56. The van der Waals surface area contributed by atoms with Crippen LogP contribution in [0.3, 0.4) is 0 Å². The predicted octanol–water partition coefficient (Wildman–Crippen LogP) is 3.46. The quantitative estimate of drug-likeness (QED) is 0.855. The second-order valence-electron chi connectivity index (χ2n) is 6.03. The van der Waals surface area contributed by atoms with Crippen molar-refractivity contribution in [3.63, 3.8) is 0 Å². The summed E-state index contributed by atoms with van der Waals surface area (Å²) < 4.78 is 5.06. The average Bonchev–Trinajstić information content (AvgIpc) is 3.03. The molecule has 0 spiro atoms. The molecule has 2 rings (SSSR count). The van der Waals surface area contributed by atoms with Gasteiger partial charge >= 0.3 is 5.97 Å². The first-order valence-electron chi connectivity index (χ1n) is 7.54. The van der Waals surface area contributed by atoms with Gasteiger partial charge in [0.1, 0.15) is 6.26 Å². The number of rotatable bonds is 6. The molecule has 0 aliphatic heterocycles. The predicted molar refractivity (Wildman–Crippen MR) is 86.7 cm³/mol. The van der Waals surface area contributed by atoms with Gasteiger partial charge < -0.3 is 14.8 Å². The van der Waals surface area contributed by atoms with E-state index in [1.165, 1.54) is 6.07 Å². The molecule has 1 atom stereocenters. The van der Waals surface area contributed by atoms with Crippen LogP contribution in [-0.4, -0.2) is 23.0 Å². The summed E-state index contributed by atoms with van der Waals surface area (Å²) in [7, 11) is 0. The van der Waals surface area contributed by atoms with Gasteiger partial charge in [-0.2, -0.15) is 0 Å². The Bertz CT molecular complexity index is 688.